The van der Waals surface area contributed by atoms with Crippen molar-refractivity contribution in [1.29, 1.82) is 0 Å². The fourth-order valence-electron chi connectivity index (χ4n) is 3.28. The van der Waals surface area contributed by atoms with E-state index in [9.17, 15) is 0 Å². The first-order valence-corrected chi connectivity index (χ1v) is 8.84. The van der Waals surface area contributed by atoms with Crippen LogP contribution < -0.4 is 4.74 Å². The van der Waals surface area contributed by atoms with E-state index in [1.807, 2.05) is 30.3 Å². The van der Waals surface area contributed by atoms with Gasteiger partial charge in [-0.2, -0.15) is 0 Å². The Kier molecular flexibility index (Phi) is 4.40. The number of hydrogen-bond donors (Lipinski definition) is 1. The molecule has 3 nitrogen and oxygen atoms in total. The molecule has 0 saturated carbocycles. The fraction of sp³-hybridized carbons (Fsp3) is 0.263. The van der Waals surface area contributed by atoms with Gasteiger partial charge in [0.15, 0.2) is 0 Å². The second kappa shape index (κ2) is 6.67. The molecule has 1 aromatic heterocycles. The maximum absolute atomic E-state index is 6.13. The molecule has 1 aliphatic rings. The number of halogens is 2. The van der Waals surface area contributed by atoms with Crippen molar-refractivity contribution in [1.82, 2.24) is 9.88 Å². The molecule has 4 rings (SSSR count). The third-order valence-corrected chi connectivity index (χ3v) is 4.99. The molecule has 124 valence electrons. The average Bonchev–Trinajstić information content (AvgIpc) is 2.94. The van der Waals surface area contributed by atoms with Crippen LogP contribution in [0.15, 0.2) is 42.5 Å². The van der Waals surface area contributed by atoms with Gasteiger partial charge in [0.1, 0.15) is 12.4 Å². The van der Waals surface area contributed by atoms with Crippen LogP contribution in [0.25, 0.3) is 10.9 Å². The molecule has 0 spiro atoms. The summed E-state index contributed by atoms with van der Waals surface area (Å²) in [6.07, 6.45) is 1.04. The van der Waals surface area contributed by atoms with Gasteiger partial charge in [-0.1, -0.05) is 23.2 Å². The lowest BCUT2D eigenvalue weighted by molar-refractivity contribution is 0.195. The summed E-state index contributed by atoms with van der Waals surface area (Å²) in [6.45, 7) is 3.53. The Labute approximate surface area is 151 Å². The molecule has 2 heterocycles. The number of nitrogens with one attached hydrogen (secondary N) is 1. The summed E-state index contributed by atoms with van der Waals surface area (Å²) in [5, 5.41) is 2.78. The van der Waals surface area contributed by atoms with Crippen LogP contribution >= 0.6 is 23.2 Å². The second-order valence-corrected chi connectivity index (χ2v) is 6.97. The highest BCUT2D eigenvalue weighted by atomic mass is 35.5. The summed E-state index contributed by atoms with van der Waals surface area (Å²) in [4.78, 5) is 5.94. The van der Waals surface area contributed by atoms with E-state index in [1.165, 1.54) is 22.2 Å². The Bertz CT molecular complexity index is 858. The topological polar surface area (TPSA) is 28.3 Å². The van der Waals surface area contributed by atoms with Gasteiger partial charge in [-0.05, 0) is 54.4 Å². The highest BCUT2D eigenvalue weighted by Crippen LogP contribution is 2.29. The number of nitrogens with zero attached hydrogens (tertiary/aromatic N) is 1. The van der Waals surface area contributed by atoms with E-state index in [4.69, 9.17) is 27.9 Å². The summed E-state index contributed by atoms with van der Waals surface area (Å²) in [6, 6.07) is 13.6. The zero-order valence-corrected chi connectivity index (χ0v) is 14.7. The third kappa shape index (κ3) is 3.25. The largest absolute Gasteiger partial charge is 0.492 e. The molecule has 0 unspecified atom stereocenters. The van der Waals surface area contributed by atoms with E-state index in [2.05, 4.69) is 22.0 Å². The lowest BCUT2D eigenvalue weighted by Crippen LogP contribution is -2.33. The van der Waals surface area contributed by atoms with Crippen molar-refractivity contribution >= 4 is 34.1 Å². The number of H-pyrrole nitrogens is 1. The van der Waals surface area contributed by atoms with Crippen molar-refractivity contribution < 1.29 is 4.74 Å². The van der Waals surface area contributed by atoms with Crippen LogP contribution in [-0.4, -0.2) is 29.6 Å². The van der Waals surface area contributed by atoms with E-state index in [-0.39, 0.29) is 0 Å². The van der Waals surface area contributed by atoms with E-state index >= 15 is 0 Å². The smallest absolute Gasteiger partial charge is 0.119 e. The molecule has 5 heteroatoms. The average molecular weight is 361 g/mol. The number of ether oxygens (including phenoxy) is 1. The van der Waals surface area contributed by atoms with Crippen molar-refractivity contribution in [2.75, 3.05) is 19.7 Å². The standard InChI is InChI=1S/C19H18Cl2N2O/c20-13-1-4-15(5-2-13)24-10-9-23-8-7-16-17-11-14(21)3-6-18(17)22-19(16)12-23/h1-6,11,22H,7-10,12H2. The normalized spacial score (nSPS) is 14.8. The van der Waals surface area contributed by atoms with Crippen LogP contribution in [0.1, 0.15) is 11.3 Å². The number of aromatic amines is 1. The Morgan fingerprint density at radius 3 is 2.67 bits per heavy atom. The maximum Gasteiger partial charge on any atom is 0.119 e. The summed E-state index contributed by atoms with van der Waals surface area (Å²) in [5.74, 6) is 0.859. The summed E-state index contributed by atoms with van der Waals surface area (Å²) in [5.41, 5.74) is 3.87. The van der Waals surface area contributed by atoms with Crippen LogP contribution in [0.5, 0.6) is 5.75 Å². The lowest BCUT2D eigenvalue weighted by Gasteiger charge is -2.26. The van der Waals surface area contributed by atoms with Gasteiger partial charge in [-0.3, -0.25) is 4.90 Å². The van der Waals surface area contributed by atoms with Gasteiger partial charge in [0.05, 0.1) is 0 Å². The van der Waals surface area contributed by atoms with Gasteiger partial charge in [-0.25, -0.2) is 0 Å². The molecule has 0 amide bonds. The molecule has 3 aromatic rings. The third-order valence-electron chi connectivity index (χ3n) is 4.51. The van der Waals surface area contributed by atoms with Crippen LogP contribution in [0, 0.1) is 0 Å². The Hall–Kier alpha value is -1.68. The molecule has 0 fully saturated rings. The van der Waals surface area contributed by atoms with Gasteiger partial charge >= 0.3 is 0 Å². The predicted molar refractivity (Wildman–Crippen MR) is 99.2 cm³/mol. The highest BCUT2D eigenvalue weighted by molar-refractivity contribution is 6.31. The molecule has 1 N–H and O–H groups in total. The van der Waals surface area contributed by atoms with E-state index < -0.39 is 0 Å². The van der Waals surface area contributed by atoms with Gasteiger partial charge in [0.2, 0.25) is 0 Å². The minimum absolute atomic E-state index is 0.670. The minimum Gasteiger partial charge on any atom is -0.492 e. The van der Waals surface area contributed by atoms with Crippen molar-refractivity contribution in [3.05, 3.63) is 63.8 Å². The quantitative estimate of drug-likeness (QED) is 0.715. The highest BCUT2D eigenvalue weighted by Gasteiger charge is 2.20. The first-order chi connectivity index (χ1) is 11.7. The maximum atomic E-state index is 6.13. The minimum atomic E-state index is 0.670. The van der Waals surface area contributed by atoms with Crippen LogP contribution in [-0.2, 0) is 13.0 Å². The van der Waals surface area contributed by atoms with Crippen molar-refractivity contribution in [2.24, 2.45) is 0 Å². The van der Waals surface area contributed by atoms with Gasteiger partial charge in [-0.15, -0.1) is 0 Å². The van der Waals surface area contributed by atoms with E-state index in [0.717, 1.165) is 41.8 Å². The zero-order chi connectivity index (χ0) is 16.5. The zero-order valence-electron chi connectivity index (χ0n) is 13.2. The number of fused-ring (bicyclic) bond motifs is 3. The molecule has 0 aliphatic carbocycles. The first-order valence-electron chi connectivity index (χ1n) is 8.09. The molecular formula is C19H18Cl2N2O. The number of rotatable bonds is 4. The molecule has 1 aliphatic heterocycles. The van der Waals surface area contributed by atoms with Gasteiger partial charge in [0, 0.05) is 46.3 Å². The molecule has 0 saturated heterocycles. The van der Waals surface area contributed by atoms with E-state index in [0.29, 0.717) is 6.61 Å². The molecule has 24 heavy (non-hydrogen) atoms. The Morgan fingerprint density at radius 1 is 1.04 bits per heavy atom. The van der Waals surface area contributed by atoms with Crippen LogP contribution in [0.2, 0.25) is 10.0 Å². The Balaban J connectivity index is 1.39. The molecular weight excluding hydrogens is 343 g/mol. The van der Waals surface area contributed by atoms with Crippen molar-refractivity contribution in [2.45, 2.75) is 13.0 Å². The monoisotopic (exact) mass is 360 g/mol. The predicted octanol–water partition coefficient (Wildman–Crippen LogP) is 4.91. The SMILES string of the molecule is Clc1ccc(OCCN2CCc3c([nH]c4ccc(Cl)cc34)C2)cc1. The van der Waals surface area contributed by atoms with Crippen LogP contribution in [0.3, 0.4) is 0 Å². The molecule has 0 radical (unpaired) electrons. The first kappa shape index (κ1) is 15.8. The second-order valence-electron chi connectivity index (χ2n) is 6.10. The van der Waals surface area contributed by atoms with Gasteiger partial charge in [0.25, 0.3) is 0 Å². The summed E-state index contributed by atoms with van der Waals surface area (Å²) >= 11 is 12.0. The Morgan fingerprint density at radius 2 is 1.83 bits per heavy atom. The summed E-state index contributed by atoms with van der Waals surface area (Å²) < 4.78 is 5.80. The van der Waals surface area contributed by atoms with E-state index in [1.54, 1.807) is 0 Å². The lowest BCUT2D eigenvalue weighted by atomic mass is 10.0. The number of benzene rings is 2. The summed E-state index contributed by atoms with van der Waals surface area (Å²) in [7, 11) is 0. The van der Waals surface area contributed by atoms with Crippen LogP contribution in [0.4, 0.5) is 0 Å². The molecule has 2 aromatic carbocycles. The van der Waals surface area contributed by atoms with Gasteiger partial charge < -0.3 is 9.72 Å². The molecule has 0 bridgehead atoms. The number of aromatic nitrogens is 1. The van der Waals surface area contributed by atoms with Crippen molar-refractivity contribution in [3.8, 4) is 5.75 Å². The van der Waals surface area contributed by atoms with Crippen molar-refractivity contribution in [3.63, 3.8) is 0 Å². The fourth-order valence-corrected chi connectivity index (χ4v) is 3.58. The molecule has 0 atom stereocenters. The number of hydrogen-bond acceptors (Lipinski definition) is 2.